The molecule has 3 aromatic rings. The zero-order chi connectivity index (χ0) is 20.4. The van der Waals surface area contributed by atoms with Gasteiger partial charge in [-0.05, 0) is 31.0 Å². The van der Waals surface area contributed by atoms with Gasteiger partial charge in [0.2, 0.25) is 5.69 Å². The van der Waals surface area contributed by atoms with Crippen LogP contribution in [0.5, 0.6) is 0 Å². The second kappa shape index (κ2) is 10.6. The van der Waals surface area contributed by atoms with E-state index in [2.05, 4.69) is 90.5 Å². The Kier molecular flexibility index (Phi) is 8.24. The SMILES string of the molecule is CCCCc1ccc(-c2ccccc2)[n+](Cc2ccccc2)c1.F[B-](F)(F)F. The summed E-state index contributed by atoms with van der Waals surface area (Å²) < 4.78 is 41.4. The van der Waals surface area contributed by atoms with E-state index in [0.29, 0.717) is 0 Å². The van der Waals surface area contributed by atoms with E-state index >= 15 is 0 Å². The summed E-state index contributed by atoms with van der Waals surface area (Å²) in [6.07, 6.45) is 5.96. The zero-order valence-electron chi connectivity index (χ0n) is 15.9. The Balaban J connectivity index is 0.000000500. The fraction of sp³-hybridized carbons (Fsp3) is 0.227. The Morgan fingerprint density at radius 3 is 1.89 bits per heavy atom. The van der Waals surface area contributed by atoms with E-state index in [4.69, 9.17) is 0 Å². The molecule has 0 atom stereocenters. The maximum Gasteiger partial charge on any atom is 0.673 e. The first-order valence-electron chi connectivity index (χ1n) is 9.36. The molecule has 0 radical (unpaired) electrons. The smallest absolute Gasteiger partial charge is 0.418 e. The van der Waals surface area contributed by atoms with Crippen molar-refractivity contribution in [1.29, 1.82) is 0 Å². The summed E-state index contributed by atoms with van der Waals surface area (Å²) in [5, 5.41) is 0. The van der Waals surface area contributed by atoms with Crippen molar-refractivity contribution in [2.45, 2.75) is 32.7 Å². The van der Waals surface area contributed by atoms with Crippen molar-refractivity contribution in [3.63, 3.8) is 0 Å². The Hall–Kier alpha value is -2.63. The van der Waals surface area contributed by atoms with E-state index < -0.39 is 7.25 Å². The molecule has 1 heterocycles. The lowest BCUT2D eigenvalue weighted by atomic mass is 10.1. The van der Waals surface area contributed by atoms with Gasteiger partial charge in [-0.15, -0.1) is 0 Å². The molecule has 3 rings (SSSR count). The van der Waals surface area contributed by atoms with Crippen molar-refractivity contribution in [3.05, 3.63) is 90.1 Å². The summed E-state index contributed by atoms with van der Waals surface area (Å²) in [5.74, 6) is 0. The number of benzene rings is 2. The van der Waals surface area contributed by atoms with Crippen LogP contribution in [0.2, 0.25) is 0 Å². The lowest BCUT2D eigenvalue weighted by Crippen LogP contribution is -2.37. The number of hydrogen-bond acceptors (Lipinski definition) is 0. The van der Waals surface area contributed by atoms with Crippen molar-refractivity contribution in [3.8, 4) is 11.3 Å². The zero-order valence-corrected chi connectivity index (χ0v) is 15.9. The molecule has 0 fully saturated rings. The number of rotatable bonds is 6. The minimum atomic E-state index is -6.00. The monoisotopic (exact) mass is 389 g/mol. The van der Waals surface area contributed by atoms with Gasteiger partial charge in [-0.1, -0.05) is 61.9 Å². The highest BCUT2D eigenvalue weighted by atomic mass is 19.5. The second-order valence-corrected chi connectivity index (χ2v) is 6.50. The van der Waals surface area contributed by atoms with E-state index in [1.54, 1.807) is 0 Å². The van der Waals surface area contributed by atoms with E-state index in [0.717, 1.165) is 13.0 Å². The number of halogens is 4. The standard InChI is InChI=1S/C22H24N.BF4/c1-2-3-10-20-15-16-22(21-13-8-5-9-14-21)23(18-20)17-19-11-6-4-7-12-19;2-1(3,4)5/h4-9,11-16,18H,2-3,10,17H2,1H3;/q+1;-1. The summed E-state index contributed by atoms with van der Waals surface area (Å²) in [4.78, 5) is 0. The quantitative estimate of drug-likeness (QED) is 0.263. The van der Waals surface area contributed by atoms with Crippen LogP contribution in [-0.2, 0) is 13.0 Å². The lowest BCUT2D eigenvalue weighted by molar-refractivity contribution is -0.677. The largest absolute Gasteiger partial charge is 0.673 e. The van der Waals surface area contributed by atoms with Crippen molar-refractivity contribution >= 4 is 7.25 Å². The third kappa shape index (κ3) is 7.95. The van der Waals surface area contributed by atoms with Crippen LogP contribution in [0, 0.1) is 0 Å². The highest BCUT2D eigenvalue weighted by Crippen LogP contribution is 2.17. The molecular formula is C22H24BF4N. The van der Waals surface area contributed by atoms with Gasteiger partial charge in [0.1, 0.15) is 0 Å². The molecule has 0 aliphatic rings. The molecule has 0 unspecified atom stereocenters. The Morgan fingerprint density at radius 2 is 1.32 bits per heavy atom. The second-order valence-electron chi connectivity index (χ2n) is 6.50. The maximum absolute atomic E-state index is 9.75. The molecule has 0 N–H and O–H groups in total. The number of hydrogen-bond donors (Lipinski definition) is 0. The molecule has 0 aliphatic heterocycles. The van der Waals surface area contributed by atoms with Gasteiger partial charge in [0.25, 0.3) is 0 Å². The number of pyridine rings is 1. The molecule has 0 saturated carbocycles. The Bertz CT molecular complexity index is 830. The van der Waals surface area contributed by atoms with Gasteiger partial charge < -0.3 is 17.3 Å². The van der Waals surface area contributed by atoms with E-state index in [-0.39, 0.29) is 0 Å². The molecule has 1 aromatic heterocycles. The van der Waals surface area contributed by atoms with Gasteiger partial charge >= 0.3 is 7.25 Å². The van der Waals surface area contributed by atoms with E-state index in [1.807, 2.05) is 0 Å². The average Bonchev–Trinajstić information content (AvgIpc) is 2.67. The minimum absolute atomic E-state index is 0.908. The van der Waals surface area contributed by atoms with Crippen LogP contribution in [0.1, 0.15) is 30.9 Å². The molecule has 0 spiro atoms. The Morgan fingerprint density at radius 1 is 0.750 bits per heavy atom. The summed E-state index contributed by atoms with van der Waals surface area (Å²) in [6, 6.07) is 25.9. The van der Waals surface area contributed by atoms with Crippen LogP contribution >= 0.6 is 0 Å². The van der Waals surface area contributed by atoms with Crippen LogP contribution in [0.25, 0.3) is 11.3 Å². The first-order valence-corrected chi connectivity index (χ1v) is 9.36. The molecule has 0 saturated heterocycles. The lowest BCUT2D eigenvalue weighted by Gasteiger charge is -2.07. The van der Waals surface area contributed by atoms with Crippen molar-refractivity contribution in [2.24, 2.45) is 0 Å². The van der Waals surface area contributed by atoms with E-state index in [1.165, 1.54) is 35.2 Å². The third-order valence-corrected chi connectivity index (χ3v) is 4.17. The third-order valence-electron chi connectivity index (χ3n) is 4.17. The average molecular weight is 389 g/mol. The fourth-order valence-corrected chi connectivity index (χ4v) is 2.91. The van der Waals surface area contributed by atoms with Crippen LogP contribution in [0.15, 0.2) is 79.0 Å². The van der Waals surface area contributed by atoms with Crippen LogP contribution in [0.3, 0.4) is 0 Å². The predicted molar refractivity (Wildman–Crippen MR) is 106 cm³/mol. The van der Waals surface area contributed by atoms with Gasteiger partial charge in [0, 0.05) is 22.8 Å². The molecule has 28 heavy (non-hydrogen) atoms. The highest BCUT2D eigenvalue weighted by molar-refractivity contribution is 6.50. The van der Waals surface area contributed by atoms with Gasteiger partial charge in [-0.2, -0.15) is 4.57 Å². The topological polar surface area (TPSA) is 3.88 Å². The maximum atomic E-state index is 9.75. The summed E-state index contributed by atoms with van der Waals surface area (Å²) in [7, 11) is -6.00. The molecule has 148 valence electrons. The Labute approximate surface area is 163 Å². The molecule has 0 amide bonds. The van der Waals surface area contributed by atoms with Crippen LogP contribution in [0.4, 0.5) is 17.3 Å². The molecule has 0 aliphatic carbocycles. The van der Waals surface area contributed by atoms with Crippen LogP contribution < -0.4 is 4.57 Å². The van der Waals surface area contributed by atoms with Crippen molar-refractivity contribution < 1.29 is 21.8 Å². The predicted octanol–water partition coefficient (Wildman–Crippen LogP) is 6.33. The highest BCUT2D eigenvalue weighted by Gasteiger charge is 2.20. The van der Waals surface area contributed by atoms with Gasteiger partial charge in [-0.25, -0.2) is 0 Å². The molecular weight excluding hydrogens is 365 g/mol. The van der Waals surface area contributed by atoms with Crippen LogP contribution in [-0.4, -0.2) is 7.25 Å². The number of nitrogens with zero attached hydrogens (tertiary/aromatic N) is 1. The minimum Gasteiger partial charge on any atom is -0.418 e. The first kappa shape index (κ1) is 21.7. The number of unbranched alkanes of at least 4 members (excludes halogenated alkanes) is 1. The molecule has 1 nitrogen and oxygen atoms in total. The van der Waals surface area contributed by atoms with Gasteiger partial charge in [0.05, 0.1) is 0 Å². The first-order chi connectivity index (χ1) is 13.4. The summed E-state index contributed by atoms with van der Waals surface area (Å²) in [6.45, 7) is 3.15. The molecule has 0 bridgehead atoms. The van der Waals surface area contributed by atoms with Crippen molar-refractivity contribution in [1.82, 2.24) is 0 Å². The molecule has 2 aromatic carbocycles. The summed E-state index contributed by atoms with van der Waals surface area (Å²) in [5.41, 5.74) is 5.30. The molecule has 6 heteroatoms. The van der Waals surface area contributed by atoms with E-state index in [9.17, 15) is 17.3 Å². The van der Waals surface area contributed by atoms with Gasteiger partial charge in [-0.3, -0.25) is 0 Å². The van der Waals surface area contributed by atoms with Crippen molar-refractivity contribution in [2.75, 3.05) is 0 Å². The normalized spacial score (nSPS) is 10.9. The number of aryl methyl sites for hydroxylation is 1. The fourth-order valence-electron chi connectivity index (χ4n) is 2.91. The summed E-state index contributed by atoms with van der Waals surface area (Å²) >= 11 is 0. The number of aromatic nitrogens is 1. The van der Waals surface area contributed by atoms with Gasteiger partial charge in [0.15, 0.2) is 12.7 Å².